The Bertz CT molecular complexity index is 554. The molecule has 19 heavy (non-hydrogen) atoms. The van der Waals surface area contributed by atoms with Gasteiger partial charge in [0.05, 0.1) is 6.42 Å². The summed E-state index contributed by atoms with van der Waals surface area (Å²) in [6.07, 6.45) is 0.618. The lowest BCUT2D eigenvalue weighted by Crippen LogP contribution is -2.40. The zero-order chi connectivity index (χ0) is 14.0. The topological polar surface area (TPSA) is 95.5 Å². The molecule has 1 heterocycles. The van der Waals surface area contributed by atoms with E-state index in [1.54, 1.807) is 25.1 Å². The first kappa shape index (κ1) is 13.1. The highest BCUT2D eigenvalue weighted by atomic mass is 16.4. The summed E-state index contributed by atoms with van der Waals surface area (Å²) >= 11 is 0. The Hall–Kier alpha value is -2.37. The molecular weight excluding hydrogens is 248 g/mol. The van der Waals surface area contributed by atoms with Gasteiger partial charge in [0.15, 0.2) is 0 Å². The monoisotopic (exact) mass is 262 g/mol. The summed E-state index contributed by atoms with van der Waals surface area (Å²) in [6.45, 7) is 1.68. The van der Waals surface area contributed by atoms with Crippen LogP contribution in [0.2, 0.25) is 0 Å². The first-order valence-corrected chi connectivity index (χ1v) is 5.97. The maximum atomic E-state index is 11.9. The first-order chi connectivity index (χ1) is 9.01. The fourth-order valence-electron chi connectivity index (χ4n) is 1.94. The molecule has 0 aliphatic carbocycles. The summed E-state index contributed by atoms with van der Waals surface area (Å²) in [7, 11) is 0. The largest absolute Gasteiger partial charge is 0.480 e. The van der Waals surface area contributed by atoms with Crippen LogP contribution in [-0.2, 0) is 16.0 Å². The second kappa shape index (κ2) is 5.09. The lowest BCUT2D eigenvalue weighted by atomic mass is 10.1. The molecule has 1 aliphatic rings. The standard InChI is InChI=1S/C13H14N2O4/c1-2-9(13(18)19)15-12(17)8-4-3-7-6-11(16)14-10(7)5-8/h3-5,9H,2,6H2,1H3,(H,14,16)(H,15,17)(H,18,19)/t9-/m0/s1. The van der Waals surface area contributed by atoms with Crippen molar-refractivity contribution in [2.24, 2.45) is 0 Å². The SMILES string of the molecule is CC[C@H](NC(=O)c1ccc2c(c1)NC(=O)C2)C(=O)O. The van der Waals surface area contributed by atoms with Gasteiger partial charge in [0, 0.05) is 11.3 Å². The maximum Gasteiger partial charge on any atom is 0.326 e. The van der Waals surface area contributed by atoms with Crippen LogP contribution in [0.3, 0.4) is 0 Å². The van der Waals surface area contributed by atoms with Crippen LogP contribution in [0.4, 0.5) is 5.69 Å². The third kappa shape index (κ3) is 2.73. The number of amides is 2. The van der Waals surface area contributed by atoms with E-state index >= 15 is 0 Å². The number of anilines is 1. The quantitative estimate of drug-likeness (QED) is 0.747. The van der Waals surface area contributed by atoms with Gasteiger partial charge >= 0.3 is 5.97 Å². The van der Waals surface area contributed by atoms with Crippen LogP contribution in [0.1, 0.15) is 29.3 Å². The average Bonchev–Trinajstić information content (AvgIpc) is 2.74. The highest BCUT2D eigenvalue weighted by Crippen LogP contribution is 2.23. The zero-order valence-corrected chi connectivity index (χ0v) is 10.4. The molecule has 100 valence electrons. The van der Waals surface area contributed by atoms with Crippen LogP contribution in [0.15, 0.2) is 18.2 Å². The number of carboxylic acid groups (broad SMARTS) is 1. The molecule has 1 aromatic carbocycles. The molecule has 1 aromatic rings. The molecule has 1 aliphatic heterocycles. The zero-order valence-electron chi connectivity index (χ0n) is 10.4. The van der Waals surface area contributed by atoms with E-state index in [1.165, 1.54) is 0 Å². The highest BCUT2D eigenvalue weighted by molar-refractivity contribution is 6.02. The predicted molar refractivity (Wildman–Crippen MR) is 68.0 cm³/mol. The number of nitrogens with one attached hydrogen (secondary N) is 2. The summed E-state index contributed by atoms with van der Waals surface area (Å²) in [4.78, 5) is 34.0. The summed E-state index contributed by atoms with van der Waals surface area (Å²) in [5.74, 6) is -1.63. The van der Waals surface area contributed by atoms with E-state index in [1.807, 2.05) is 0 Å². The van der Waals surface area contributed by atoms with Crippen molar-refractivity contribution in [3.8, 4) is 0 Å². The molecule has 0 fully saturated rings. The van der Waals surface area contributed by atoms with Gasteiger partial charge in [-0.2, -0.15) is 0 Å². The molecule has 6 heteroatoms. The van der Waals surface area contributed by atoms with Crippen molar-refractivity contribution in [1.29, 1.82) is 0 Å². The Morgan fingerprint density at radius 1 is 1.47 bits per heavy atom. The fraction of sp³-hybridized carbons (Fsp3) is 0.308. The molecule has 0 radical (unpaired) electrons. The Morgan fingerprint density at radius 2 is 2.21 bits per heavy atom. The third-order valence-electron chi connectivity index (χ3n) is 3.01. The number of carbonyl (C=O) groups excluding carboxylic acids is 2. The number of rotatable bonds is 4. The van der Waals surface area contributed by atoms with Gasteiger partial charge in [0.1, 0.15) is 6.04 Å². The molecule has 3 N–H and O–H groups in total. The van der Waals surface area contributed by atoms with E-state index in [2.05, 4.69) is 10.6 Å². The van der Waals surface area contributed by atoms with Crippen molar-refractivity contribution in [3.05, 3.63) is 29.3 Å². The van der Waals surface area contributed by atoms with Gasteiger partial charge in [-0.1, -0.05) is 13.0 Å². The van der Waals surface area contributed by atoms with Crippen LogP contribution in [0.5, 0.6) is 0 Å². The van der Waals surface area contributed by atoms with Crippen LogP contribution in [0.25, 0.3) is 0 Å². The first-order valence-electron chi connectivity index (χ1n) is 5.97. The van der Waals surface area contributed by atoms with Crippen molar-refractivity contribution in [3.63, 3.8) is 0 Å². The molecule has 0 saturated heterocycles. The minimum atomic E-state index is -1.06. The third-order valence-corrected chi connectivity index (χ3v) is 3.01. The summed E-state index contributed by atoms with van der Waals surface area (Å²) in [6, 6.07) is 3.94. The minimum absolute atomic E-state index is 0.107. The van der Waals surface area contributed by atoms with Crippen molar-refractivity contribution >= 4 is 23.5 Å². The second-order valence-corrected chi connectivity index (χ2v) is 4.37. The van der Waals surface area contributed by atoms with Gasteiger partial charge in [-0.3, -0.25) is 9.59 Å². The molecule has 0 aromatic heterocycles. The molecule has 0 bridgehead atoms. The van der Waals surface area contributed by atoms with Crippen LogP contribution >= 0.6 is 0 Å². The normalized spacial score (nSPS) is 14.5. The number of fused-ring (bicyclic) bond motifs is 1. The molecular formula is C13H14N2O4. The second-order valence-electron chi connectivity index (χ2n) is 4.37. The number of benzene rings is 1. The van der Waals surface area contributed by atoms with Gasteiger partial charge in [-0.05, 0) is 24.1 Å². The molecule has 2 amide bonds. The molecule has 0 spiro atoms. The van der Waals surface area contributed by atoms with E-state index in [0.29, 0.717) is 24.1 Å². The summed E-state index contributed by atoms with van der Waals surface area (Å²) in [5, 5.41) is 14.0. The van der Waals surface area contributed by atoms with Gasteiger partial charge in [0.2, 0.25) is 5.91 Å². The van der Waals surface area contributed by atoms with E-state index in [-0.39, 0.29) is 5.91 Å². The number of hydrogen-bond donors (Lipinski definition) is 3. The molecule has 2 rings (SSSR count). The Balaban J connectivity index is 2.15. The Kier molecular flexibility index (Phi) is 3.50. The van der Waals surface area contributed by atoms with Crippen LogP contribution < -0.4 is 10.6 Å². The Labute approximate surface area is 109 Å². The van der Waals surface area contributed by atoms with Gasteiger partial charge < -0.3 is 15.7 Å². The van der Waals surface area contributed by atoms with Crippen LogP contribution in [-0.4, -0.2) is 28.9 Å². The van der Waals surface area contributed by atoms with Gasteiger partial charge in [-0.15, -0.1) is 0 Å². The van der Waals surface area contributed by atoms with Crippen molar-refractivity contribution in [2.75, 3.05) is 5.32 Å². The van der Waals surface area contributed by atoms with E-state index in [0.717, 1.165) is 5.56 Å². The maximum absolute atomic E-state index is 11.9. The molecule has 0 unspecified atom stereocenters. The number of aliphatic carboxylic acids is 1. The Morgan fingerprint density at radius 3 is 2.84 bits per heavy atom. The van der Waals surface area contributed by atoms with Gasteiger partial charge in [0.25, 0.3) is 5.91 Å². The lowest BCUT2D eigenvalue weighted by Gasteiger charge is -2.12. The van der Waals surface area contributed by atoms with E-state index < -0.39 is 17.9 Å². The number of hydrogen-bond acceptors (Lipinski definition) is 3. The minimum Gasteiger partial charge on any atom is -0.480 e. The van der Waals surface area contributed by atoms with Crippen LogP contribution in [0, 0.1) is 0 Å². The van der Waals surface area contributed by atoms with E-state index in [9.17, 15) is 14.4 Å². The van der Waals surface area contributed by atoms with Crippen molar-refractivity contribution < 1.29 is 19.5 Å². The van der Waals surface area contributed by atoms with Crippen molar-refractivity contribution in [1.82, 2.24) is 5.32 Å². The smallest absolute Gasteiger partial charge is 0.326 e. The predicted octanol–water partition coefficient (Wildman–Crippen LogP) is 0.774. The van der Waals surface area contributed by atoms with E-state index in [4.69, 9.17) is 5.11 Å². The average molecular weight is 262 g/mol. The summed E-state index contributed by atoms with van der Waals surface area (Å²) in [5.41, 5.74) is 1.79. The lowest BCUT2D eigenvalue weighted by molar-refractivity contribution is -0.139. The highest BCUT2D eigenvalue weighted by Gasteiger charge is 2.21. The molecule has 0 saturated carbocycles. The molecule has 1 atom stereocenters. The van der Waals surface area contributed by atoms with Crippen molar-refractivity contribution in [2.45, 2.75) is 25.8 Å². The number of carboxylic acids is 1. The summed E-state index contributed by atoms with van der Waals surface area (Å²) < 4.78 is 0. The van der Waals surface area contributed by atoms with Gasteiger partial charge in [-0.25, -0.2) is 4.79 Å². The number of carbonyl (C=O) groups is 3. The molecule has 6 nitrogen and oxygen atoms in total. The fourth-order valence-corrected chi connectivity index (χ4v) is 1.94.